The van der Waals surface area contributed by atoms with Crippen molar-refractivity contribution in [2.75, 3.05) is 0 Å². The lowest BCUT2D eigenvalue weighted by molar-refractivity contribution is 0.0953. The summed E-state index contributed by atoms with van der Waals surface area (Å²) in [5, 5.41) is 8.72. The van der Waals surface area contributed by atoms with E-state index in [-0.39, 0.29) is 11.9 Å². The summed E-state index contributed by atoms with van der Waals surface area (Å²) in [6.45, 7) is 0. The first-order chi connectivity index (χ1) is 9.29. The molecule has 0 saturated carbocycles. The molecule has 3 heteroatoms. The van der Waals surface area contributed by atoms with Gasteiger partial charge in [-0.05, 0) is 29.8 Å². The van der Waals surface area contributed by atoms with Crippen LogP contribution in [-0.4, -0.2) is 11.9 Å². The predicted molar refractivity (Wildman–Crippen MR) is 69.5 cm³/mol. The Morgan fingerprint density at radius 3 is 2.37 bits per heavy atom. The number of carbonyl (C=O) groups is 1. The van der Waals surface area contributed by atoms with E-state index in [1.807, 2.05) is 36.4 Å². The Morgan fingerprint density at radius 1 is 1.05 bits per heavy atom. The Balaban J connectivity index is 1.74. The number of epoxide rings is 1. The maximum absolute atomic E-state index is 12.2. The third-order valence-corrected chi connectivity index (χ3v) is 3.18. The van der Waals surface area contributed by atoms with Gasteiger partial charge in [0.2, 0.25) is 0 Å². The molecule has 19 heavy (non-hydrogen) atoms. The third kappa shape index (κ3) is 2.26. The third-order valence-electron chi connectivity index (χ3n) is 3.18. The largest absolute Gasteiger partial charge is 0.356 e. The monoisotopic (exact) mass is 249 g/mol. The molecular formula is C16H11NO2. The highest BCUT2D eigenvalue weighted by atomic mass is 16.6. The summed E-state index contributed by atoms with van der Waals surface area (Å²) in [6.07, 6.45) is -0.528. The van der Waals surface area contributed by atoms with Crippen LogP contribution in [0.2, 0.25) is 0 Å². The van der Waals surface area contributed by atoms with Crippen molar-refractivity contribution < 1.29 is 9.53 Å². The topological polar surface area (TPSA) is 53.4 Å². The number of rotatable bonds is 3. The van der Waals surface area contributed by atoms with Gasteiger partial charge >= 0.3 is 0 Å². The van der Waals surface area contributed by atoms with E-state index in [4.69, 9.17) is 10.00 Å². The van der Waals surface area contributed by atoms with E-state index < -0.39 is 6.10 Å². The van der Waals surface area contributed by atoms with Gasteiger partial charge in [0.25, 0.3) is 0 Å². The van der Waals surface area contributed by atoms with Crippen LogP contribution in [-0.2, 0) is 4.74 Å². The number of ether oxygens (including phenoxy) is 1. The fourth-order valence-electron chi connectivity index (χ4n) is 2.08. The van der Waals surface area contributed by atoms with E-state index in [2.05, 4.69) is 0 Å². The van der Waals surface area contributed by atoms with E-state index >= 15 is 0 Å². The number of benzene rings is 2. The van der Waals surface area contributed by atoms with Gasteiger partial charge in [0.15, 0.2) is 11.9 Å². The van der Waals surface area contributed by atoms with Crippen molar-refractivity contribution in [3.63, 3.8) is 0 Å². The highest BCUT2D eigenvalue weighted by Crippen LogP contribution is 2.40. The van der Waals surface area contributed by atoms with E-state index in [0.29, 0.717) is 11.1 Å². The van der Waals surface area contributed by atoms with Crippen LogP contribution < -0.4 is 0 Å². The zero-order valence-electron chi connectivity index (χ0n) is 10.1. The number of hydrogen-bond acceptors (Lipinski definition) is 3. The lowest BCUT2D eigenvalue weighted by atomic mass is 10.0. The van der Waals surface area contributed by atoms with Crippen molar-refractivity contribution in [2.45, 2.75) is 12.2 Å². The van der Waals surface area contributed by atoms with E-state index in [1.54, 1.807) is 24.3 Å². The lowest BCUT2D eigenvalue weighted by Crippen LogP contribution is -2.08. The average Bonchev–Trinajstić information content (AvgIpc) is 3.28. The second kappa shape index (κ2) is 4.68. The molecule has 0 bridgehead atoms. The minimum absolute atomic E-state index is 0.0293. The second-order valence-corrected chi connectivity index (χ2v) is 4.44. The number of hydrogen-bond donors (Lipinski definition) is 0. The highest BCUT2D eigenvalue weighted by molar-refractivity contribution is 6.01. The van der Waals surface area contributed by atoms with Crippen molar-refractivity contribution >= 4 is 5.78 Å². The molecule has 2 aromatic rings. The summed E-state index contributed by atoms with van der Waals surface area (Å²) < 4.78 is 5.46. The van der Waals surface area contributed by atoms with Gasteiger partial charge in [-0.3, -0.25) is 4.79 Å². The minimum atomic E-state index is -0.393. The summed E-state index contributed by atoms with van der Waals surface area (Å²) in [4.78, 5) is 12.2. The Hall–Kier alpha value is -2.44. The molecule has 1 aliphatic rings. The van der Waals surface area contributed by atoms with Crippen LogP contribution >= 0.6 is 0 Å². The zero-order valence-corrected chi connectivity index (χ0v) is 10.1. The molecule has 0 amide bonds. The van der Waals surface area contributed by atoms with Crippen molar-refractivity contribution in [2.24, 2.45) is 0 Å². The molecule has 3 rings (SSSR count). The van der Waals surface area contributed by atoms with Crippen LogP contribution in [0.25, 0.3) is 0 Å². The molecule has 2 aromatic carbocycles. The summed E-state index contributed by atoms with van der Waals surface area (Å²) in [7, 11) is 0. The first-order valence-corrected chi connectivity index (χ1v) is 6.04. The molecule has 0 radical (unpaired) electrons. The second-order valence-electron chi connectivity index (χ2n) is 4.44. The first kappa shape index (κ1) is 11.6. The average molecular weight is 249 g/mol. The molecule has 1 saturated heterocycles. The van der Waals surface area contributed by atoms with Crippen LogP contribution in [0.1, 0.15) is 27.6 Å². The van der Waals surface area contributed by atoms with Gasteiger partial charge in [-0.25, -0.2) is 0 Å². The zero-order chi connectivity index (χ0) is 13.2. The van der Waals surface area contributed by atoms with Crippen molar-refractivity contribution in [3.8, 4) is 6.07 Å². The lowest BCUT2D eigenvalue weighted by Gasteiger charge is -1.98. The molecule has 92 valence electrons. The molecule has 0 aromatic heterocycles. The Labute approximate surface area is 111 Å². The fraction of sp³-hybridized carbons (Fsp3) is 0.125. The van der Waals surface area contributed by atoms with Crippen molar-refractivity contribution in [3.05, 3.63) is 71.3 Å². The van der Waals surface area contributed by atoms with Gasteiger partial charge < -0.3 is 4.74 Å². The normalized spacial score (nSPS) is 20.6. The Bertz CT molecular complexity index is 641. The molecule has 2 atom stereocenters. The fourth-order valence-corrected chi connectivity index (χ4v) is 2.08. The quantitative estimate of drug-likeness (QED) is 0.620. The standard InChI is InChI=1S/C16H11NO2/c17-10-11-6-8-12(9-7-11)14(18)16-15(19-16)13-4-2-1-3-5-13/h1-9,15-16H/t15-,16+/m1/s1. The first-order valence-electron chi connectivity index (χ1n) is 6.04. The van der Waals surface area contributed by atoms with Crippen molar-refractivity contribution in [1.82, 2.24) is 0 Å². The molecule has 0 aliphatic carbocycles. The van der Waals surface area contributed by atoms with Crippen molar-refractivity contribution in [1.29, 1.82) is 5.26 Å². The SMILES string of the molecule is N#Cc1ccc(C(=O)[C@@H]2O[C@@H]2c2ccccc2)cc1. The highest BCUT2D eigenvalue weighted by Gasteiger charge is 2.45. The minimum Gasteiger partial charge on any atom is -0.356 e. The van der Waals surface area contributed by atoms with E-state index in [0.717, 1.165) is 5.56 Å². The Morgan fingerprint density at radius 2 is 1.74 bits per heavy atom. The molecular weight excluding hydrogens is 238 g/mol. The predicted octanol–water partition coefficient (Wildman–Crippen LogP) is 2.88. The molecule has 3 nitrogen and oxygen atoms in total. The summed E-state index contributed by atoms with van der Waals surface area (Å²) in [6, 6.07) is 18.4. The number of carbonyl (C=O) groups excluding carboxylic acids is 1. The molecule has 1 fully saturated rings. The number of nitriles is 1. The summed E-state index contributed by atoms with van der Waals surface area (Å²) in [5.74, 6) is -0.0293. The van der Waals surface area contributed by atoms with E-state index in [9.17, 15) is 4.79 Å². The van der Waals surface area contributed by atoms with Crippen LogP contribution in [0.5, 0.6) is 0 Å². The molecule has 1 aliphatic heterocycles. The van der Waals surface area contributed by atoms with Gasteiger partial charge in [0.1, 0.15) is 6.10 Å². The number of ketones is 1. The molecule has 0 spiro atoms. The molecule has 0 unspecified atom stereocenters. The maximum Gasteiger partial charge on any atom is 0.194 e. The van der Waals surface area contributed by atoms with Crippen LogP contribution in [0.3, 0.4) is 0 Å². The van der Waals surface area contributed by atoms with Gasteiger partial charge in [-0.15, -0.1) is 0 Å². The van der Waals surface area contributed by atoms with Crippen LogP contribution in [0, 0.1) is 11.3 Å². The summed E-state index contributed by atoms with van der Waals surface area (Å²) in [5.41, 5.74) is 2.16. The van der Waals surface area contributed by atoms with Gasteiger partial charge in [-0.2, -0.15) is 5.26 Å². The Kier molecular flexibility index (Phi) is 2.86. The summed E-state index contributed by atoms with van der Waals surface area (Å²) >= 11 is 0. The van der Waals surface area contributed by atoms with Gasteiger partial charge in [0.05, 0.1) is 11.6 Å². The maximum atomic E-state index is 12.2. The number of nitrogens with zero attached hydrogens (tertiary/aromatic N) is 1. The molecule has 1 heterocycles. The molecule has 0 N–H and O–H groups in total. The number of Topliss-reactive ketones (excluding diaryl/α,β-unsaturated/α-hetero) is 1. The van der Waals surface area contributed by atoms with E-state index in [1.165, 1.54) is 0 Å². The van der Waals surface area contributed by atoms with Crippen LogP contribution in [0.15, 0.2) is 54.6 Å². The smallest absolute Gasteiger partial charge is 0.194 e. The van der Waals surface area contributed by atoms with Gasteiger partial charge in [-0.1, -0.05) is 30.3 Å². The van der Waals surface area contributed by atoms with Crippen LogP contribution in [0.4, 0.5) is 0 Å². The van der Waals surface area contributed by atoms with Gasteiger partial charge in [0, 0.05) is 5.56 Å².